The lowest BCUT2D eigenvalue weighted by atomic mass is 10.0. The summed E-state index contributed by atoms with van der Waals surface area (Å²) in [7, 11) is 0. The van der Waals surface area contributed by atoms with Crippen LogP contribution in [0.2, 0.25) is 5.28 Å². The molecule has 0 spiro atoms. The first kappa shape index (κ1) is 14.2. The molecule has 2 aliphatic rings. The molecular weight excluding hydrogens is 294 g/mol. The van der Waals surface area contributed by atoms with Gasteiger partial charge in [0.15, 0.2) is 0 Å². The Labute approximate surface area is 128 Å². The third-order valence-electron chi connectivity index (χ3n) is 3.87. The van der Waals surface area contributed by atoms with Crippen molar-refractivity contribution in [3.8, 4) is 0 Å². The van der Waals surface area contributed by atoms with Crippen molar-refractivity contribution in [1.29, 1.82) is 0 Å². The molecule has 7 heteroatoms. The van der Waals surface area contributed by atoms with Gasteiger partial charge in [-0.05, 0) is 54.7 Å². The quantitative estimate of drug-likeness (QED) is 0.922. The van der Waals surface area contributed by atoms with Crippen molar-refractivity contribution in [3.63, 3.8) is 0 Å². The van der Waals surface area contributed by atoms with Gasteiger partial charge in [0.05, 0.1) is 0 Å². The fourth-order valence-corrected chi connectivity index (χ4v) is 4.02. The maximum Gasteiger partial charge on any atom is 0.231 e. The largest absolute Gasteiger partial charge is 0.354 e. The third-order valence-corrected chi connectivity index (χ3v) is 5.09. The van der Waals surface area contributed by atoms with E-state index in [9.17, 15) is 0 Å². The summed E-state index contributed by atoms with van der Waals surface area (Å²) in [6.07, 6.45) is 4.95. The Bertz CT molecular complexity index is 446. The molecule has 2 saturated heterocycles. The van der Waals surface area contributed by atoms with E-state index in [4.69, 9.17) is 11.6 Å². The Morgan fingerprint density at radius 1 is 1.15 bits per heavy atom. The Balaban J connectivity index is 1.63. The summed E-state index contributed by atoms with van der Waals surface area (Å²) in [5.41, 5.74) is 0. The van der Waals surface area contributed by atoms with Crippen LogP contribution in [0.3, 0.4) is 0 Å². The molecule has 1 aromatic heterocycles. The van der Waals surface area contributed by atoms with E-state index in [1.54, 1.807) is 0 Å². The van der Waals surface area contributed by atoms with Gasteiger partial charge in [-0.1, -0.05) is 0 Å². The van der Waals surface area contributed by atoms with Crippen molar-refractivity contribution in [3.05, 3.63) is 5.28 Å². The molecule has 20 heavy (non-hydrogen) atoms. The molecule has 0 radical (unpaired) electrons. The highest BCUT2D eigenvalue weighted by Crippen LogP contribution is 2.23. The van der Waals surface area contributed by atoms with Gasteiger partial charge in [0.1, 0.15) is 0 Å². The molecular formula is C13H20ClN5S. The predicted molar refractivity (Wildman–Crippen MR) is 84.8 cm³/mol. The van der Waals surface area contributed by atoms with E-state index in [1.807, 2.05) is 11.8 Å². The van der Waals surface area contributed by atoms with Gasteiger partial charge in [-0.2, -0.15) is 26.7 Å². The van der Waals surface area contributed by atoms with Gasteiger partial charge < -0.3 is 10.2 Å². The average molecular weight is 314 g/mol. The van der Waals surface area contributed by atoms with Crippen LogP contribution in [0, 0.1) is 5.92 Å². The Morgan fingerprint density at radius 2 is 1.90 bits per heavy atom. The van der Waals surface area contributed by atoms with E-state index in [0.29, 0.717) is 11.9 Å². The summed E-state index contributed by atoms with van der Waals surface area (Å²) in [6.45, 7) is 2.96. The minimum atomic E-state index is 0.281. The number of rotatable bonds is 4. The maximum absolute atomic E-state index is 6.02. The zero-order valence-electron chi connectivity index (χ0n) is 11.5. The molecule has 0 unspecified atom stereocenters. The molecule has 0 amide bonds. The van der Waals surface area contributed by atoms with Gasteiger partial charge in [0.2, 0.25) is 17.2 Å². The molecule has 5 nitrogen and oxygen atoms in total. The minimum absolute atomic E-state index is 0.281. The number of hydrogen-bond acceptors (Lipinski definition) is 6. The summed E-state index contributed by atoms with van der Waals surface area (Å²) < 4.78 is 0. The molecule has 3 heterocycles. The van der Waals surface area contributed by atoms with Gasteiger partial charge in [-0.15, -0.1) is 0 Å². The van der Waals surface area contributed by atoms with Crippen molar-refractivity contribution in [2.45, 2.75) is 25.7 Å². The minimum Gasteiger partial charge on any atom is -0.354 e. The zero-order chi connectivity index (χ0) is 13.8. The van der Waals surface area contributed by atoms with Gasteiger partial charge in [0, 0.05) is 19.6 Å². The van der Waals surface area contributed by atoms with Crippen molar-refractivity contribution in [1.82, 2.24) is 15.0 Å². The summed E-state index contributed by atoms with van der Waals surface area (Å²) in [4.78, 5) is 15.1. The molecule has 0 aromatic carbocycles. The van der Waals surface area contributed by atoms with Crippen LogP contribution in [0.25, 0.3) is 0 Å². The van der Waals surface area contributed by atoms with E-state index < -0.39 is 0 Å². The predicted octanol–water partition coefficient (Wildman–Crippen LogP) is 2.68. The van der Waals surface area contributed by atoms with Crippen LogP contribution in [-0.2, 0) is 0 Å². The number of nitrogens with one attached hydrogen (secondary N) is 1. The van der Waals surface area contributed by atoms with Crippen molar-refractivity contribution >= 4 is 35.3 Å². The fourth-order valence-electron chi connectivity index (χ4n) is 2.66. The van der Waals surface area contributed by atoms with Gasteiger partial charge in [-0.3, -0.25) is 0 Å². The first-order valence-corrected chi connectivity index (χ1v) is 8.82. The van der Waals surface area contributed by atoms with Crippen LogP contribution in [-0.4, -0.2) is 46.1 Å². The highest BCUT2D eigenvalue weighted by molar-refractivity contribution is 7.99. The Kier molecular flexibility index (Phi) is 4.83. The molecule has 0 aliphatic carbocycles. The fraction of sp³-hybridized carbons (Fsp3) is 0.769. The van der Waals surface area contributed by atoms with Crippen molar-refractivity contribution in [2.24, 2.45) is 5.92 Å². The van der Waals surface area contributed by atoms with Gasteiger partial charge in [0.25, 0.3) is 0 Å². The number of halogens is 1. The number of aromatic nitrogens is 3. The average Bonchev–Trinajstić information content (AvgIpc) is 3.00. The number of nitrogens with zero attached hydrogens (tertiary/aromatic N) is 4. The summed E-state index contributed by atoms with van der Waals surface area (Å²) in [5.74, 6) is 4.59. The monoisotopic (exact) mass is 313 g/mol. The standard InChI is InChI=1S/C13H20ClN5S/c14-11-16-12(15-9-10-3-7-20-8-4-10)18-13(17-11)19-5-1-2-6-19/h10H,1-9H2,(H,15,16,17,18). The van der Waals surface area contributed by atoms with E-state index in [-0.39, 0.29) is 5.28 Å². The number of thioether (sulfide) groups is 1. The summed E-state index contributed by atoms with van der Waals surface area (Å²) in [5, 5.41) is 3.62. The first-order valence-electron chi connectivity index (χ1n) is 7.29. The van der Waals surface area contributed by atoms with Crippen LogP contribution in [0.4, 0.5) is 11.9 Å². The lowest BCUT2D eigenvalue weighted by Crippen LogP contribution is -2.23. The summed E-state index contributed by atoms with van der Waals surface area (Å²) in [6, 6.07) is 0. The molecule has 2 fully saturated rings. The van der Waals surface area contributed by atoms with Gasteiger partial charge >= 0.3 is 0 Å². The van der Waals surface area contributed by atoms with Crippen LogP contribution < -0.4 is 10.2 Å². The highest BCUT2D eigenvalue weighted by atomic mass is 35.5. The molecule has 1 N–H and O–H groups in total. The first-order chi connectivity index (χ1) is 9.81. The normalized spacial score (nSPS) is 20.4. The summed E-state index contributed by atoms with van der Waals surface area (Å²) >= 11 is 8.06. The third kappa shape index (κ3) is 3.67. The van der Waals surface area contributed by atoms with Crippen LogP contribution in [0.5, 0.6) is 0 Å². The molecule has 0 atom stereocenters. The second kappa shape index (κ2) is 6.80. The zero-order valence-corrected chi connectivity index (χ0v) is 13.1. The second-order valence-corrected chi connectivity index (χ2v) is 6.92. The lowest BCUT2D eigenvalue weighted by molar-refractivity contribution is 0.514. The van der Waals surface area contributed by atoms with E-state index >= 15 is 0 Å². The van der Waals surface area contributed by atoms with E-state index in [0.717, 1.165) is 25.6 Å². The second-order valence-electron chi connectivity index (χ2n) is 5.36. The van der Waals surface area contributed by atoms with Gasteiger partial charge in [-0.25, -0.2) is 0 Å². The van der Waals surface area contributed by atoms with E-state index in [2.05, 4.69) is 25.2 Å². The Hall–Kier alpha value is -0.750. The van der Waals surface area contributed by atoms with Crippen molar-refractivity contribution in [2.75, 3.05) is 41.4 Å². The molecule has 110 valence electrons. The number of anilines is 2. The molecule has 1 aromatic rings. The maximum atomic E-state index is 6.02. The van der Waals surface area contributed by atoms with Crippen LogP contribution in [0.15, 0.2) is 0 Å². The van der Waals surface area contributed by atoms with E-state index in [1.165, 1.54) is 37.2 Å². The van der Waals surface area contributed by atoms with Crippen molar-refractivity contribution < 1.29 is 0 Å². The topological polar surface area (TPSA) is 53.9 Å². The van der Waals surface area contributed by atoms with Crippen LogP contribution >= 0.6 is 23.4 Å². The smallest absolute Gasteiger partial charge is 0.231 e. The molecule has 0 saturated carbocycles. The Morgan fingerprint density at radius 3 is 2.65 bits per heavy atom. The lowest BCUT2D eigenvalue weighted by Gasteiger charge is -2.22. The molecule has 2 aliphatic heterocycles. The molecule has 3 rings (SSSR count). The SMILES string of the molecule is Clc1nc(NCC2CCSCC2)nc(N2CCCC2)n1. The molecule has 0 bridgehead atoms. The number of hydrogen-bond donors (Lipinski definition) is 1. The highest BCUT2D eigenvalue weighted by Gasteiger charge is 2.18. The van der Waals surface area contributed by atoms with Crippen LogP contribution in [0.1, 0.15) is 25.7 Å².